The lowest BCUT2D eigenvalue weighted by Gasteiger charge is -2.28. The number of carbonyl (C=O) groups excluding carboxylic acids is 2. The maximum atomic E-state index is 12.9. The molecule has 2 N–H and O–H groups in total. The molecule has 136 valence electrons. The number of esters is 1. The summed E-state index contributed by atoms with van der Waals surface area (Å²) in [6, 6.07) is 8.69. The Morgan fingerprint density at radius 1 is 1.32 bits per heavy atom. The van der Waals surface area contributed by atoms with E-state index in [1.807, 2.05) is 37.3 Å². The Kier molecular flexibility index (Phi) is 6.58. The van der Waals surface area contributed by atoms with Crippen LogP contribution >= 0.6 is 0 Å². The van der Waals surface area contributed by atoms with Crippen molar-refractivity contribution in [3.63, 3.8) is 0 Å². The van der Waals surface area contributed by atoms with E-state index in [0.717, 1.165) is 12.8 Å². The SMILES string of the molecule is CCCCC1C(C(=O)OCC)=C(Nc2ccccc2)C(=O)N1C(C)O. The third kappa shape index (κ3) is 4.20. The van der Waals surface area contributed by atoms with E-state index in [2.05, 4.69) is 5.32 Å². The molecule has 0 aliphatic carbocycles. The number of rotatable bonds is 8. The van der Waals surface area contributed by atoms with Gasteiger partial charge in [0, 0.05) is 5.69 Å². The summed E-state index contributed by atoms with van der Waals surface area (Å²) in [5.41, 5.74) is 1.19. The van der Waals surface area contributed by atoms with E-state index in [9.17, 15) is 14.7 Å². The van der Waals surface area contributed by atoms with Gasteiger partial charge >= 0.3 is 5.97 Å². The summed E-state index contributed by atoms with van der Waals surface area (Å²) >= 11 is 0. The Morgan fingerprint density at radius 3 is 2.56 bits per heavy atom. The molecule has 0 aromatic heterocycles. The summed E-state index contributed by atoms with van der Waals surface area (Å²) < 4.78 is 5.18. The number of para-hydroxylation sites is 1. The number of ether oxygens (including phenoxy) is 1. The smallest absolute Gasteiger partial charge is 0.338 e. The van der Waals surface area contributed by atoms with Crippen molar-refractivity contribution in [1.82, 2.24) is 4.90 Å². The highest BCUT2D eigenvalue weighted by Crippen LogP contribution is 2.32. The topological polar surface area (TPSA) is 78.9 Å². The molecule has 6 heteroatoms. The van der Waals surface area contributed by atoms with Gasteiger partial charge in [-0.15, -0.1) is 0 Å². The molecule has 1 aliphatic rings. The molecule has 0 spiro atoms. The summed E-state index contributed by atoms with van der Waals surface area (Å²) in [7, 11) is 0. The maximum absolute atomic E-state index is 12.9. The van der Waals surface area contributed by atoms with Gasteiger partial charge in [-0.1, -0.05) is 38.0 Å². The first-order valence-electron chi connectivity index (χ1n) is 8.75. The molecule has 2 rings (SSSR count). The van der Waals surface area contributed by atoms with Crippen molar-refractivity contribution in [2.45, 2.75) is 52.3 Å². The molecular formula is C19H26N2O4. The van der Waals surface area contributed by atoms with Crippen LogP contribution in [0, 0.1) is 0 Å². The van der Waals surface area contributed by atoms with Crippen LogP contribution < -0.4 is 5.32 Å². The van der Waals surface area contributed by atoms with E-state index in [1.54, 1.807) is 6.92 Å². The molecule has 0 radical (unpaired) electrons. The number of carbonyl (C=O) groups is 2. The van der Waals surface area contributed by atoms with Crippen LogP contribution in [0.3, 0.4) is 0 Å². The predicted molar refractivity (Wildman–Crippen MR) is 95.6 cm³/mol. The van der Waals surface area contributed by atoms with Gasteiger partial charge in [0.2, 0.25) is 0 Å². The van der Waals surface area contributed by atoms with E-state index >= 15 is 0 Å². The fourth-order valence-corrected chi connectivity index (χ4v) is 3.04. The molecule has 1 heterocycles. The number of aliphatic hydroxyl groups is 1. The van der Waals surface area contributed by atoms with Crippen molar-refractivity contribution in [2.75, 3.05) is 11.9 Å². The molecule has 0 bridgehead atoms. The normalized spacial score (nSPS) is 18.5. The van der Waals surface area contributed by atoms with Gasteiger partial charge < -0.3 is 20.1 Å². The van der Waals surface area contributed by atoms with Crippen LogP contribution in [0.2, 0.25) is 0 Å². The van der Waals surface area contributed by atoms with Crippen LogP contribution in [0.15, 0.2) is 41.6 Å². The van der Waals surface area contributed by atoms with E-state index in [4.69, 9.17) is 4.74 Å². The minimum Gasteiger partial charge on any atom is -0.463 e. The molecule has 1 aliphatic heterocycles. The van der Waals surface area contributed by atoms with Crippen molar-refractivity contribution >= 4 is 17.6 Å². The minimum atomic E-state index is -0.992. The van der Waals surface area contributed by atoms with Crippen LogP contribution in [0.25, 0.3) is 0 Å². The number of hydrogen-bond donors (Lipinski definition) is 2. The van der Waals surface area contributed by atoms with Crippen LogP contribution in [-0.2, 0) is 14.3 Å². The lowest BCUT2D eigenvalue weighted by molar-refractivity contribution is -0.140. The van der Waals surface area contributed by atoms with E-state index in [-0.39, 0.29) is 18.2 Å². The van der Waals surface area contributed by atoms with E-state index in [0.29, 0.717) is 17.7 Å². The lowest BCUT2D eigenvalue weighted by Crippen LogP contribution is -2.43. The second-order valence-electron chi connectivity index (χ2n) is 6.00. The molecule has 25 heavy (non-hydrogen) atoms. The zero-order chi connectivity index (χ0) is 18.4. The van der Waals surface area contributed by atoms with Crippen molar-refractivity contribution < 1.29 is 19.4 Å². The van der Waals surface area contributed by atoms with Gasteiger partial charge in [0.1, 0.15) is 11.9 Å². The van der Waals surface area contributed by atoms with Crippen LogP contribution in [0.4, 0.5) is 5.69 Å². The van der Waals surface area contributed by atoms with Crippen molar-refractivity contribution in [1.29, 1.82) is 0 Å². The van der Waals surface area contributed by atoms with Crippen molar-refractivity contribution in [3.05, 3.63) is 41.6 Å². The number of amides is 1. The van der Waals surface area contributed by atoms with Gasteiger partial charge in [0.15, 0.2) is 0 Å². The lowest BCUT2D eigenvalue weighted by atomic mass is 10.0. The van der Waals surface area contributed by atoms with Crippen LogP contribution in [0.5, 0.6) is 0 Å². The molecule has 2 unspecified atom stereocenters. The monoisotopic (exact) mass is 346 g/mol. The number of nitrogens with zero attached hydrogens (tertiary/aromatic N) is 1. The molecule has 0 saturated carbocycles. The second-order valence-corrected chi connectivity index (χ2v) is 6.00. The number of unbranched alkanes of at least 4 members (excludes halogenated alkanes) is 1. The van der Waals surface area contributed by atoms with Gasteiger partial charge in [0.05, 0.1) is 18.2 Å². The Hall–Kier alpha value is -2.34. The minimum absolute atomic E-state index is 0.187. The number of anilines is 1. The molecule has 0 fully saturated rings. The van der Waals surface area contributed by atoms with Gasteiger partial charge in [-0.25, -0.2) is 4.79 Å². The average Bonchev–Trinajstić information content (AvgIpc) is 2.86. The highest BCUT2D eigenvalue weighted by molar-refractivity contribution is 6.09. The summed E-state index contributed by atoms with van der Waals surface area (Å²) in [6.45, 7) is 5.53. The Labute approximate surface area is 148 Å². The fourth-order valence-electron chi connectivity index (χ4n) is 3.04. The predicted octanol–water partition coefficient (Wildman–Crippen LogP) is 2.66. The molecule has 1 aromatic carbocycles. The number of benzene rings is 1. The Bertz CT molecular complexity index is 640. The number of nitrogens with one attached hydrogen (secondary N) is 1. The summed E-state index contributed by atoms with van der Waals surface area (Å²) in [5.74, 6) is -0.901. The van der Waals surface area contributed by atoms with Gasteiger partial charge in [0.25, 0.3) is 5.91 Å². The molecule has 2 atom stereocenters. The van der Waals surface area contributed by atoms with Gasteiger partial charge in [-0.05, 0) is 32.4 Å². The third-order valence-electron chi connectivity index (χ3n) is 4.16. The summed E-state index contributed by atoms with van der Waals surface area (Å²) in [6.07, 6.45) is 1.37. The third-order valence-corrected chi connectivity index (χ3v) is 4.16. The number of aliphatic hydroxyl groups excluding tert-OH is 1. The first kappa shape index (κ1) is 19.0. The fraction of sp³-hybridized carbons (Fsp3) is 0.474. The second kappa shape index (κ2) is 8.67. The molecular weight excluding hydrogens is 320 g/mol. The molecule has 1 aromatic rings. The number of hydrogen-bond acceptors (Lipinski definition) is 5. The summed E-state index contributed by atoms with van der Waals surface area (Å²) in [5, 5.41) is 13.2. The van der Waals surface area contributed by atoms with Crippen LogP contribution in [0.1, 0.15) is 40.0 Å². The van der Waals surface area contributed by atoms with Crippen molar-refractivity contribution in [3.8, 4) is 0 Å². The largest absolute Gasteiger partial charge is 0.463 e. The van der Waals surface area contributed by atoms with E-state index < -0.39 is 18.2 Å². The molecule has 6 nitrogen and oxygen atoms in total. The highest BCUT2D eigenvalue weighted by Gasteiger charge is 2.44. The first-order chi connectivity index (χ1) is 12.0. The zero-order valence-electron chi connectivity index (χ0n) is 15.0. The quantitative estimate of drug-likeness (QED) is 0.708. The van der Waals surface area contributed by atoms with E-state index in [1.165, 1.54) is 11.8 Å². The van der Waals surface area contributed by atoms with Gasteiger partial charge in [-0.3, -0.25) is 4.79 Å². The molecule has 0 saturated heterocycles. The summed E-state index contributed by atoms with van der Waals surface area (Å²) in [4.78, 5) is 26.8. The molecule has 1 amide bonds. The maximum Gasteiger partial charge on any atom is 0.338 e. The first-order valence-corrected chi connectivity index (χ1v) is 8.75. The van der Waals surface area contributed by atoms with Crippen LogP contribution in [-0.4, -0.2) is 40.8 Å². The highest BCUT2D eigenvalue weighted by atomic mass is 16.5. The Balaban J connectivity index is 2.45. The van der Waals surface area contributed by atoms with Crippen molar-refractivity contribution in [2.24, 2.45) is 0 Å². The standard InChI is InChI=1S/C19H26N2O4/c1-4-6-12-15-16(19(24)25-5-2)17(18(23)21(15)13(3)22)20-14-10-8-7-9-11-14/h7-11,13,15,20,22H,4-6,12H2,1-3H3. The average molecular weight is 346 g/mol. The Morgan fingerprint density at radius 2 is 2.00 bits per heavy atom. The zero-order valence-corrected chi connectivity index (χ0v) is 15.0. The van der Waals surface area contributed by atoms with Gasteiger partial charge in [-0.2, -0.15) is 0 Å².